The van der Waals surface area contributed by atoms with Gasteiger partial charge >= 0.3 is 6.18 Å². The second-order valence-corrected chi connectivity index (χ2v) is 10.3. The molecular weight excluding hydrogens is 707 g/mol. The molecule has 1 N–H and O–H groups in total. The number of alkyl halides is 3. The van der Waals surface area contributed by atoms with Crippen molar-refractivity contribution in [1.82, 2.24) is 0 Å². The van der Waals surface area contributed by atoms with Gasteiger partial charge in [-0.25, -0.2) is 0 Å². The van der Waals surface area contributed by atoms with E-state index in [9.17, 15) is 23.2 Å². The maximum absolute atomic E-state index is 13.0. The fourth-order valence-electron chi connectivity index (χ4n) is 3.57. The monoisotopic (exact) mass is 724 g/mol. The van der Waals surface area contributed by atoms with Crippen molar-refractivity contribution < 1.29 is 22.7 Å². The van der Waals surface area contributed by atoms with E-state index in [1.54, 1.807) is 12.1 Å². The minimum absolute atomic E-state index is 0.0532. The summed E-state index contributed by atoms with van der Waals surface area (Å²) in [4.78, 5) is 12.6. The van der Waals surface area contributed by atoms with E-state index in [1.807, 2.05) is 42.5 Å². The lowest BCUT2D eigenvalue weighted by Crippen LogP contribution is -2.14. The second-order valence-electron chi connectivity index (χ2n) is 7.99. The number of carbonyl (C=O) groups excluding carboxylic acids is 1. The molecule has 4 nitrogen and oxygen atoms in total. The van der Waals surface area contributed by atoms with Crippen molar-refractivity contribution in [3.8, 4) is 11.8 Å². The third-order valence-corrected chi connectivity index (χ3v) is 6.94. The van der Waals surface area contributed by atoms with Crippen LogP contribution in [0.4, 0.5) is 18.9 Å². The van der Waals surface area contributed by atoms with Crippen molar-refractivity contribution in [3.05, 3.63) is 108 Å². The Labute approximate surface area is 238 Å². The van der Waals surface area contributed by atoms with Gasteiger partial charge in [-0.2, -0.15) is 18.4 Å². The molecule has 4 aromatic rings. The van der Waals surface area contributed by atoms with E-state index in [0.29, 0.717) is 17.9 Å². The molecule has 0 aliphatic rings. The zero-order valence-electron chi connectivity index (χ0n) is 18.9. The van der Waals surface area contributed by atoms with E-state index in [-0.39, 0.29) is 11.3 Å². The van der Waals surface area contributed by atoms with Crippen LogP contribution in [0.15, 0.2) is 84.4 Å². The summed E-state index contributed by atoms with van der Waals surface area (Å²) in [6.07, 6.45) is -3.15. The average molecular weight is 724 g/mol. The fraction of sp³-hybridized carbons (Fsp3) is 0.0714. The van der Waals surface area contributed by atoms with Gasteiger partial charge in [0.2, 0.25) is 0 Å². The lowest BCUT2D eigenvalue weighted by Gasteiger charge is -2.12. The summed E-state index contributed by atoms with van der Waals surface area (Å²) in [7, 11) is 0. The predicted molar refractivity (Wildman–Crippen MR) is 154 cm³/mol. The first-order valence-electron chi connectivity index (χ1n) is 10.8. The number of fused-ring (bicyclic) bond motifs is 1. The van der Waals surface area contributed by atoms with Crippen LogP contribution in [0.1, 0.15) is 16.7 Å². The number of halogens is 5. The molecule has 186 valence electrons. The summed E-state index contributed by atoms with van der Waals surface area (Å²) in [5, 5.41) is 14.1. The number of nitriles is 1. The van der Waals surface area contributed by atoms with Crippen molar-refractivity contribution in [2.24, 2.45) is 0 Å². The zero-order chi connectivity index (χ0) is 26.6. The van der Waals surface area contributed by atoms with Crippen LogP contribution in [0.3, 0.4) is 0 Å². The zero-order valence-corrected chi connectivity index (χ0v) is 23.3. The maximum Gasteiger partial charge on any atom is 0.416 e. The van der Waals surface area contributed by atoms with E-state index < -0.39 is 17.6 Å². The van der Waals surface area contributed by atoms with Gasteiger partial charge in [0.15, 0.2) is 0 Å². The topological polar surface area (TPSA) is 62.1 Å². The van der Waals surface area contributed by atoms with Gasteiger partial charge in [0.25, 0.3) is 5.91 Å². The quantitative estimate of drug-likeness (QED) is 0.124. The molecule has 0 spiro atoms. The molecule has 0 aliphatic heterocycles. The normalized spacial score (nSPS) is 11.7. The molecule has 4 aromatic carbocycles. The van der Waals surface area contributed by atoms with Gasteiger partial charge in [0, 0.05) is 5.69 Å². The summed E-state index contributed by atoms with van der Waals surface area (Å²) in [6, 6.07) is 23.8. The molecule has 0 aromatic heterocycles. The van der Waals surface area contributed by atoms with E-state index >= 15 is 0 Å². The molecule has 0 saturated heterocycles. The van der Waals surface area contributed by atoms with E-state index in [2.05, 4.69) is 56.6 Å². The number of ether oxygens (including phenoxy) is 1. The lowest BCUT2D eigenvalue weighted by molar-refractivity contribution is -0.137. The van der Waals surface area contributed by atoms with Gasteiger partial charge in [-0.3, -0.25) is 4.79 Å². The highest BCUT2D eigenvalue weighted by Gasteiger charge is 2.30. The standard InChI is InChI=1S/C28H17F3I2N2O2/c29-28(30,31)22-6-3-7-23(14-22)35-27(36)21(15-34)11-18-12-24(32)26(25(33)13-18)37-16-17-8-9-19-4-1-2-5-20(19)10-17/h1-14H,16H2,(H,35,36)/b21-11-. The number of hydrogen-bond donors (Lipinski definition) is 1. The fourth-order valence-corrected chi connectivity index (χ4v) is 5.70. The van der Waals surface area contributed by atoms with Crippen LogP contribution in [0.25, 0.3) is 16.8 Å². The van der Waals surface area contributed by atoms with Crippen molar-refractivity contribution in [2.45, 2.75) is 12.8 Å². The van der Waals surface area contributed by atoms with Gasteiger partial charge in [-0.15, -0.1) is 0 Å². The number of amides is 1. The van der Waals surface area contributed by atoms with Gasteiger partial charge in [-0.1, -0.05) is 42.5 Å². The smallest absolute Gasteiger partial charge is 0.416 e. The Morgan fingerprint density at radius 3 is 2.32 bits per heavy atom. The molecule has 9 heteroatoms. The Balaban J connectivity index is 1.50. The van der Waals surface area contributed by atoms with Crippen molar-refractivity contribution >= 4 is 73.6 Å². The van der Waals surface area contributed by atoms with Crippen molar-refractivity contribution in [2.75, 3.05) is 5.32 Å². The first kappa shape index (κ1) is 26.9. The summed E-state index contributed by atoms with van der Waals surface area (Å²) in [5.41, 5.74) is 0.419. The van der Waals surface area contributed by atoms with Gasteiger partial charge < -0.3 is 10.1 Å². The van der Waals surface area contributed by atoms with Gasteiger partial charge in [-0.05, 0) is 110 Å². The minimum atomic E-state index is -4.54. The highest BCUT2D eigenvalue weighted by Crippen LogP contribution is 2.32. The Bertz CT molecular complexity index is 1540. The van der Waals surface area contributed by atoms with Gasteiger partial charge in [0.05, 0.1) is 12.7 Å². The Kier molecular flexibility index (Phi) is 8.39. The lowest BCUT2D eigenvalue weighted by atomic mass is 10.1. The Morgan fingerprint density at radius 2 is 1.65 bits per heavy atom. The first-order valence-corrected chi connectivity index (χ1v) is 13.0. The maximum atomic E-state index is 13.0. The van der Waals surface area contributed by atoms with E-state index in [0.717, 1.165) is 35.6 Å². The van der Waals surface area contributed by atoms with Gasteiger partial charge in [0.1, 0.15) is 24.0 Å². The van der Waals surface area contributed by atoms with Crippen LogP contribution in [-0.2, 0) is 17.6 Å². The number of carbonyl (C=O) groups is 1. The number of anilines is 1. The molecule has 0 heterocycles. The van der Waals surface area contributed by atoms with E-state index in [4.69, 9.17) is 4.74 Å². The van der Waals surface area contributed by atoms with Crippen LogP contribution in [0.2, 0.25) is 0 Å². The molecule has 0 unspecified atom stereocenters. The van der Waals surface area contributed by atoms with Crippen LogP contribution >= 0.6 is 45.2 Å². The predicted octanol–water partition coefficient (Wildman–Crippen LogP) is 8.19. The SMILES string of the molecule is N#C/C(=C/c1cc(I)c(OCc2ccc3ccccc3c2)c(I)c1)C(=O)Nc1cccc(C(F)(F)F)c1. The summed E-state index contributed by atoms with van der Waals surface area (Å²) in [6.45, 7) is 0.370. The third-order valence-electron chi connectivity index (χ3n) is 5.34. The molecule has 0 radical (unpaired) electrons. The molecule has 0 bridgehead atoms. The minimum Gasteiger partial charge on any atom is -0.487 e. The second kappa shape index (κ2) is 11.5. The third kappa shape index (κ3) is 6.81. The number of nitrogens with zero attached hydrogens (tertiary/aromatic N) is 1. The molecule has 0 fully saturated rings. The number of nitrogens with one attached hydrogen (secondary N) is 1. The van der Waals surface area contributed by atoms with Crippen molar-refractivity contribution in [1.29, 1.82) is 5.26 Å². The first-order chi connectivity index (χ1) is 17.6. The molecule has 0 saturated carbocycles. The number of rotatable bonds is 6. The Hall–Kier alpha value is -3.11. The molecule has 1 amide bonds. The van der Waals surface area contributed by atoms with E-state index in [1.165, 1.54) is 18.2 Å². The molecule has 0 atom stereocenters. The van der Waals surface area contributed by atoms with Crippen LogP contribution in [0, 0.1) is 18.5 Å². The summed E-state index contributed by atoms with van der Waals surface area (Å²) < 4.78 is 46.5. The molecular formula is C28H17F3I2N2O2. The molecule has 37 heavy (non-hydrogen) atoms. The molecule has 4 rings (SSSR count). The number of hydrogen-bond acceptors (Lipinski definition) is 3. The number of benzene rings is 4. The van der Waals surface area contributed by atoms with Crippen LogP contribution in [0.5, 0.6) is 5.75 Å². The average Bonchev–Trinajstić information content (AvgIpc) is 2.86. The summed E-state index contributed by atoms with van der Waals surface area (Å²) >= 11 is 4.25. The Morgan fingerprint density at radius 1 is 0.946 bits per heavy atom. The van der Waals surface area contributed by atoms with Crippen LogP contribution < -0.4 is 10.1 Å². The largest absolute Gasteiger partial charge is 0.487 e. The highest BCUT2D eigenvalue weighted by atomic mass is 127. The highest BCUT2D eigenvalue weighted by molar-refractivity contribution is 14.1. The van der Waals surface area contributed by atoms with Crippen molar-refractivity contribution in [3.63, 3.8) is 0 Å². The molecule has 0 aliphatic carbocycles. The van der Waals surface area contributed by atoms with Crippen LogP contribution in [-0.4, -0.2) is 5.91 Å². The summed E-state index contributed by atoms with van der Waals surface area (Å²) in [5.74, 6) is -0.123.